The van der Waals surface area contributed by atoms with Crippen molar-refractivity contribution in [2.24, 2.45) is 4.99 Å². The maximum Gasteiger partial charge on any atom is 0.191 e. The molecule has 0 bridgehead atoms. The predicted octanol–water partition coefficient (Wildman–Crippen LogP) is 3.55. The van der Waals surface area contributed by atoms with Gasteiger partial charge in [0.15, 0.2) is 5.96 Å². The predicted molar refractivity (Wildman–Crippen MR) is 103 cm³/mol. The Kier molecular flexibility index (Phi) is 7.43. The van der Waals surface area contributed by atoms with Gasteiger partial charge in [-0.2, -0.15) is 5.10 Å². The van der Waals surface area contributed by atoms with Gasteiger partial charge in [0, 0.05) is 35.4 Å². The first kappa shape index (κ1) is 19.4. The van der Waals surface area contributed by atoms with E-state index in [9.17, 15) is 4.39 Å². The highest BCUT2D eigenvalue weighted by Crippen LogP contribution is 2.15. The summed E-state index contributed by atoms with van der Waals surface area (Å²) in [5, 5.41) is 10.9. The molecule has 0 spiro atoms. The minimum absolute atomic E-state index is 0.251. The van der Waals surface area contributed by atoms with Crippen LogP contribution >= 0.6 is 15.9 Å². The van der Waals surface area contributed by atoms with Crippen LogP contribution in [0.3, 0.4) is 0 Å². The van der Waals surface area contributed by atoms with Gasteiger partial charge in [-0.15, -0.1) is 0 Å². The summed E-state index contributed by atoms with van der Waals surface area (Å²) in [7, 11) is 0. The summed E-state index contributed by atoms with van der Waals surface area (Å²) in [5.41, 5.74) is 2.78. The molecule has 0 fully saturated rings. The van der Waals surface area contributed by atoms with Crippen molar-refractivity contribution in [2.75, 3.05) is 13.1 Å². The molecule has 25 heavy (non-hydrogen) atoms. The smallest absolute Gasteiger partial charge is 0.191 e. The van der Waals surface area contributed by atoms with Crippen molar-refractivity contribution < 1.29 is 4.39 Å². The van der Waals surface area contributed by atoms with E-state index < -0.39 is 0 Å². The van der Waals surface area contributed by atoms with Crippen molar-refractivity contribution in [1.82, 2.24) is 20.4 Å². The van der Waals surface area contributed by atoms with Crippen LogP contribution < -0.4 is 10.6 Å². The van der Waals surface area contributed by atoms with E-state index in [1.165, 1.54) is 11.8 Å². The summed E-state index contributed by atoms with van der Waals surface area (Å²) in [6.07, 6.45) is 0.930. The Morgan fingerprint density at radius 1 is 1.28 bits per heavy atom. The van der Waals surface area contributed by atoms with Gasteiger partial charge >= 0.3 is 0 Å². The molecule has 0 radical (unpaired) electrons. The molecule has 0 unspecified atom stereocenters. The van der Waals surface area contributed by atoms with Crippen LogP contribution in [-0.4, -0.2) is 28.8 Å². The minimum atomic E-state index is -0.251. The molecular formula is C18H25BrFN5. The second-order valence-electron chi connectivity index (χ2n) is 5.86. The number of halogens is 2. The standard InChI is InChI=1S/C18H25BrFN5/c1-4-21-18(23-12-15-6-7-16(19)11-17(15)20)22-8-5-9-25-14(3)10-13(2)24-25/h6-7,10-11H,4-5,8-9,12H2,1-3H3,(H2,21,22,23). The molecular weight excluding hydrogens is 385 g/mol. The van der Waals surface area contributed by atoms with Gasteiger partial charge in [0.25, 0.3) is 0 Å². The normalized spacial score (nSPS) is 11.6. The Morgan fingerprint density at radius 3 is 2.72 bits per heavy atom. The molecule has 0 atom stereocenters. The number of rotatable bonds is 7. The van der Waals surface area contributed by atoms with Crippen molar-refractivity contribution in [3.05, 3.63) is 51.5 Å². The highest BCUT2D eigenvalue weighted by molar-refractivity contribution is 9.10. The van der Waals surface area contributed by atoms with Crippen molar-refractivity contribution >= 4 is 21.9 Å². The Balaban J connectivity index is 1.86. The molecule has 1 heterocycles. The molecule has 136 valence electrons. The number of benzene rings is 1. The average Bonchev–Trinajstić information content (AvgIpc) is 2.88. The number of nitrogens with one attached hydrogen (secondary N) is 2. The second kappa shape index (κ2) is 9.56. The molecule has 2 aromatic rings. The Morgan fingerprint density at radius 2 is 2.08 bits per heavy atom. The number of nitrogens with zero attached hydrogens (tertiary/aromatic N) is 3. The number of aromatic nitrogens is 2. The SMILES string of the molecule is CCNC(=NCc1ccc(Br)cc1F)NCCCn1nc(C)cc1C. The van der Waals surface area contributed by atoms with Crippen LogP contribution in [0, 0.1) is 19.7 Å². The third kappa shape index (κ3) is 6.16. The van der Waals surface area contributed by atoms with E-state index in [2.05, 4.69) is 49.6 Å². The highest BCUT2D eigenvalue weighted by Gasteiger charge is 2.04. The van der Waals surface area contributed by atoms with Gasteiger partial charge in [-0.3, -0.25) is 4.68 Å². The number of aliphatic imine (C=N–C) groups is 1. The van der Waals surface area contributed by atoms with Crippen LogP contribution in [0.25, 0.3) is 0 Å². The molecule has 0 saturated carbocycles. The molecule has 0 aliphatic carbocycles. The van der Waals surface area contributed by atoms with Gasteiger partial charge in [0.1, 0.15) is 5.82 Å². The largest absolute Gasteiger partial charge is 0.357 e. The summed E-state index contributed by atoms with van der Waals surface area (Å²) in [4.78, 5) is 4.46. The number of hydrogen-bond donors (Lipinski definition) is 2. The molecule has 0 aliphatic heterocycles. The first-order chi connectivity index (χ1) is 12.0. The second-order valence-corrected chi connectivity index (χ2v) is 6.78. The first-order valence-electron chi connectivity index (χ1n) is 8.46. The molecule has 0 saturated heterocycles. The molecule has 2 N–H and O–H groups in total. The van der Waals surface area contributed by atoms with Gasteiger partial charge in [0.2, 0.25) is 0 Å². The van der Waals surface area contributed by atoms with E-state index in [0.717, 1.165) is 36.2 Å². The minimum Gasteiger partial charge on any atom is -0.357 e. The Hall–Kier alpha value is -1.89. The van der Waals surface area contributed by atoms with E-state index in [0.29, 0.717) is 18.1 Å². The lowest BCUT2D eigenvalue weighted by atomic mass is 10.2. The summed E-state index contributed by atoms with van der Waals surface area (Å²) in [5.74, 6) is 0.441. The van der Waals surface area contributed by atoms with Crippen molar-refractivity contribution in [1.29, 1.82) is 0 Å². The van der Waals surface area contributed by atoms with Crippen LogP contribution in [-0.2, 0) is 13.1 Å². The van der Waals surface area contributed by atoms with Gasteiger partial charge in [0.05, 0.1) is 12.2 Å². The first-order valence-corrected chi connectivity index (χ1v) is 9.26. The zero-order valence-corrected chi connectivity index (χ0v) is 16.5. The monoisotopic (exact) mass is 409 g/mol. The van der Waals surface area contributed by atoms with Gasteiger partial charge in [-0.25, -0.2) is 9.38 Å². The maximum absolute atomic E-state index is 13.9. The summed E-state index contributed by atoms with van der Waals surface area (Å²) >= 11 is 3.26. The molecule has 0 aliphatic rings. The van der Waals surface area contributed by atoms with E-state index in [-0.39, 0.29) is 5.82 Å². The Labute approximate surface area is 156 Å². The van der Waals surface area contributed by atoms with Crippen LogP contribution in [0.15, 0.2) is 33.7 Å². The van der Waals surface area contributed by atoms with Crippen molar-refractivity contribution in [3.63, 3.8) is 0 Å². The fourth-order valence-corrected chi connectivity index (χ4v) is 2.83. The molecule has 5 nitrogen and oxygen atoms in total. The van der Waals surface area contributed by atoms with E-state index in [1.807, 2.05) is 24.6 Å². The van der Waals surface area contributed by atoms with E-state index >= 15 is 0 Å². The summed E-state index contributed by atoms with van der Waals surface area (Å²) in [6, 6.07) is 7.10. The van der Waals surface area contributed by atoms with Crippen molar-refractivity contribution in [2.45, 2.75) is 40.3 Å². The van der Waals surface area contributed by atoms with Gasteiger partial charge in [-0.1, -0.05) is 22.0 Å². The van der Waals surface area contributed by atoms with Gasteiger partial charge in [-0.05, 0) is 45.4 Å². The van der Waals surface area contributed by atoms with Crippen molar-refractivity contribution in [3.8, 4) is 0 Å². The quantitative estimate of drug-likeness (QED) is 0.417. The van der Waals surface area contributed by atoms with Crippen LogP contribution in [0.2, 0.25) is 0 Å². The highest BCUT2D eigenvalue weighted by atomic mass is 79.9. The van der Waals surface area contributed by atoms with Crippen LogP contribution in [0.1, 0.15) is 30.3 Å². The number of aryl methyl sites for hydroxylation is 3. The molecule has 7 heteroatoms. The summed E-state index contributed by atoms with van der Waals surface area (Å²) < 4.78 is 16.6. The summed E-state index contributed by atoms with van der Waals surface area (Å²) in [6.45, 7) is 8.75. The molecule has 0 amide bonds. The van der Waals surface area contributed by atoms with Crippen LogP contribution in [0.4, 0.5) is 4.39 Å². The molecule has 1 aromatic heterocycles. The van der Waals surface area contributed by atoms with E-state index in [4.69, 9.17) is 0 Å². The molecule has 1 aromatic carbocycles. The zero-order valence-electron chi connectivity index (χ0n) is 14.9. The zero-order chi connectivity index (χ0) is 18.2. The lowest BCUT2D eigenvalue weighted by Crippen LogP contribution is -2.38. The third-order valence-electron chi connectivity index (χ3n) is 3.71. The molecule has 2 rings (SSSR count). The Bertz CT molecular complexity index is 726. The topological polar surface area (TPSA) is 54.2 Å². The lowest BCUT2D eigenvalue weighted by molar-refractivity contribution is 0.555. The average molecular weight is 410 g/mol. The third-order valence-corrected chi connectivity index (χ3v) is 4.20. The number of hydrogen-bond acceptors (Lipinski definition) is 2. The van der Waals surface area contributed by atoms with Gasteiger partial charge < -0.3 is 10.6 Å². The fraction of sp³-hybridized carbons (Fsp3) is 0.444. The van der Waals surface area contributed by atoms with E-state index in [1.54, 1.807) is 6.07 Å². The number of guanidine groups is 1. The fourth-order valence-electron chi connectivity index (χ4n) is 2.49. The lowest BCUT2D eigenvalue weighted by Gasteiger charge is -2.12. The van der Waals surface area contributed by atoms with Crippen LogP contribution in [0.5, 0.6) is 0 Å². The maximum atomic E-state index is 13.9.